The molecule has 0 saturated heterocycles. The van der Waals surface area contributed by atoms with Crippen LogP contribution in [0.4, 0.5) is 0 Å². The van der Waals surface area contributed by atoms with E-state index in [9.17, 15) is 5.11 Å². The Hall–Kier alpha value is -1.33. The van der Waals surface area contributed by atoms with Crippen LogP contribution in [0.2, 0.25) is 0 Å². The number of fused-ring (bicyclic) bond motifs is 1. The Labute approximate surface area is 110 Å². The highest BCUT2D eigenvalue weighted by molar-refractivity contribution is 7.99. The van der Waals surface area contributed by atoms with E-state index in [0.29, 0.717) is 6.42 Å². The van der Waals surface area contributed by atoms with Crippen LogP contribution in [0.1, 0.15) is 17.3 Å². The topological polar surface area (TPSA) is 50.9 Å². The Bertz CT molecular complexity index is 555. The second-order valence-electron chi connectivity index (χ2n) is 4.53. The quantitative estimate of drug-likeness (QED) is 0.912. The first kappa shape index (κ1) is 11.7. The zero-order valence-electron chi connectivity index (χ0n) is 10.2. The second kappa shape index (κ2) is 4.74. The van der Waals surface area contributed by atoms with E-state index in [1.54, 1.807) is 4.68 Å². The molecule has 2 heterocycles. The third kappa shape index (κ3) is 2.04. The van der Waals surface area contributed by atoms with E-state index in [4.69, 9.17) is 0 Å². The predicted octanol–water partition coefficient (Wildman–Crippen LogP) is 1.61. The van der Waals surface area contributed by atoms with Crippen LogP contribution in [-0.4, -0.2) is 31.7 Å². The van der Waals surface area contributed by atoms with Crippen molar-refractivity contribution in [1.29, 1.82) is 0 Å². The molecule has 18 heavy (non-hydrogen) atoms. The molecule has 0 saturated carbocycles. The van der Waals surface area contributed by atoms with Crippen LogP contribution in [-0.2, 0) is 13.5 Å². The highest BCUT2D eigenvalue weighted by Gasteiger charge is 2.29. The molecule has 1 aromatic carbocycles. The van der Waals surface area contributed by atoms with Crippen LogP contribution in [0.3, 0.4) is 0 Å². The van der Waals surface area contributed by atoms with Gasteiger partial charge in [-0.25, -0.2) is 4.98 Å². The number of aryl methyl sites for hydroxylation is 1. The summed E-state index contributed by atoms with van der Waals surface area (Å²) in [7, 11) is 1.85. The van der Waals surface area contributed by atoms with E-state index in [0.717, 1.165) is 11.6 Å². The standard InChI is InChI=1S/C13H15N3OS/c1-16-13(14-8-15-16)6-11(17)10-7-18-12-5-3-2-4-9(10)12/h2-5,8,10-11,17H,6-7H2,1H3. The molecule has 2 aromatic rings. The van der Waals surface area contributed by atoms with Gasteiger partial charge in [-0.1, -0.05) is 18.2 Å². The molecule has 0 aliphatic carbocycles. The maximum Gasteiger partial charge on any atom is 0.138 e. The van der Waals surface area contributed by atoms with E-state index in [2.05, 4.69) is 22.2 Å². The van der Waals surface area contributed by atoms with Crippen molar-refractivity contribution >= 4 is 11.8 Å². The molecule has 1 aliphatic heterocycles. The first-order chi connectivity index (χ1) is 8.75. The lowest BCUT2D eigenvalue weighted by atomic mass is 9.93. The zero-order valence-corrected chi connectivity index (χ0v) is 11.0. The number of thioether (sulfide) groups is 1. The fourth-order valence-electron chi connectivity index (χ4n) is 2.34. The van der Waals surface area contributed by atoms with Crippen molar-refractivity contribution in [1.82, 2.24) is 14.8 Å². The van der Waals surface area contributed by atoms with Crippen LogP contribution >= 0.6 is 11.8 Å². The molecule has 0 fully saturated rings. The van der Waals surface area contributed by atoms with E-state index < -0.39 is 6.10 Å². The van der Waals surface area contributed by atoms with Crippen molar-refractivity contribution in [2.75, 3.05) is 5.75 Å². The molecule has 1 N–H and O–H groups in total. The molecule has 0 bridgehead atoms. The summed E-state index contributed by atoms with van der Waals surface area (Å²) in [5, 5.41) is 14.4. The fraction of sp³-hybridized carbons (Fsp3) is 0.385. The summed E-state index contributed by atoms with van der Waals surface area (Å²) in [6, 6.07) is 8.31. The van der Waals surface area contributed by atoms with Crippen molar-refractivity contribution in [2.45, 2.75) is 23.3 Å². The zero-order chi connectivity index (χ0) is 12.5. The van der Waals surface area contributed by atoms with Gasteiger partial charge in [-0.2, -0.15) is 5.10 Å². The molecule has 2 atom stereocenters. The summed E-state index contributed by atoms with van der Waals surface area (Å²) in [6.07, 6.45) is 1.68. The first-order valence-electron chi connectivity index (χ1n) is 5.98. The summed E-state index contributed by atoms with van der Waals surface area (Å²) in [6.45, 7) is 0. The van der Waals surface area contributed by atoms with E-state index in [-0.39, 0.29) is 5.92 Å². The molecule has 94 valence electrons. The van der Waals surface area contributed by atoms with Crippen LogP contribution in [0, 0.1) is 0 Å². The van der Waals surface area contributed by atoms with Gasteiger partial charge in [0.25, 0.3) is 0 Å². The van der Waals surface area contributed by atoms with E-state index in [1.165, 1.54) is 16.8 Å². The van der Waals surface area contributed by atoms with Crippen LogP contribution in [0.5, 0.6) is 0 Å². The lowest BCUT2D eigenvalue weighted by Crippen LogP contribution is -2.22. The minimum Gasteiger partial charge on any atom is -0.392 e. The molecule has 2 unspecified atom stereocenters. The van der Waals surface area contributed by atoms with Crippen molar-refractivity contribution < 1.29 is 5.11 Å². The molecule has 4 nitrogen and oxygen atoms in total. The number of nitrogens with zero attached hydrogens (tertiary/aromatic N) is 3. The van der Waals surface area contributed by atoms with Crippen molar-refractivity contribution in [3.05, 3.63) is 42.0 Å². The summed E-state index contributed by atoms with van der Waals surface area (Å²) in [5.74, 6) is 1.97. The number of aliphatic hydroxyl groups is 1. The van der Waals surface area contributed by atoms with Gasteiger partial charge in [0.05, 0.1) is 6.10 Å². The SMILES string of the molecule is Cn1ncnc1CC(O)C1CSc2ccccc21. The predicted molar refractivity (Wildman–Crippen MR) is 70.6 cm³/mol. The van der Waals surface area contributed by atoms with E-state index in [1.807, 2.05) is 30.9 Å². The Morgan fingerprint density at radius 2 is 2.33 bits per heavy atom. The smallest absolute Gasteiger partial charge is 0.138 e. The monoisotopic (exact) mass is 261 g/mol. The number of benzene rings is 1. The summed E-state index contributed by atoms with van der Waals surface area (Å²) < 4.78 is 1.72. The molecule has 1 aliphatic rings. The summed E-state index contributed by atoms with van der Waals surface area (Å²) in [5.41, 5.74) is 1.26. The molecular formula is C13H15N3OS. The summed E-state index contributed by atoms with van der Waals surface area (Å²) >= 11 is 1.82. The van der Waals surface area contributed by atoms with Crippen LogP contribution in [0.25, 0.3) is 0 Å². The van der Waals surface area contributed by atoms with Gasteiger partial charge < -0.3 is 5.11 Å². The Morgan fingerprint density at radius 1 is 1.50 bits per heavy atom. The Morgan fingerprint density at radius 3 is 3.11 bits per heavy atom. The number of hydrogen-bond acceptors (Lipinski definition) is 4. The van der Waals surface area contributed by atoms with Gasteiger partial charge >= 0.3 is 0 Å². The largest absolute Gasteiger partial charge is 0.392 e. The molecule has 1 aromatic heterocycles. The van der Waals surface area contributed by atoms with Gasteiger partial charge in [0.2, 0.25) is 0 Å². The van der Waals surface area contributed by atoms with Crippen molar-refractivity contribution in [2.24, 2.45) is 7.05 Å². The number of aromatic nitrogens is 3. The number of aliphatic hydroxyl groups excluding tert-OH is 1. The minimum atomic E-state index is -0.399. The van der Waals surface area contributed by atoms with Gasteiger partial charge in [-0.05, 0) is 11.6 Å². The Kier molecular flexibility index (Phi) is 3.09. The number of rotatable bonds is 3. The second-order valence-corrected chi connectivity index (χ2v) is 5.59. The molecule has 0 radical (unpaired) electrons. The molecule has 0 amide bonds. The normalized spacial score (nSPS) is 19.8. The van der Waals surface area contributed by atoms with Gasteiger partial charge in [0.1, 0.15) is 12.2 Å². The van der Waals surface area contributed by atoms with E-state index >= 15 is 0 Å². The molecule has 5 heteroatoms. The molecule has 0 spiro atoms. The Balaban J connectivity index is 1.79. The third-order valence-corrected chi connectivity index (χ3v) is 4.61. The lowest BCUT2D eigenvalue weighted by molar-refractivity contribution is 0.148. The van der Waals surface area contributed by atoms with Crippen LogP contribution in [0.15, 0.2) is 35.5 Å². The van der Waals surface area contributed by atoms with Gasteiger partial charge in [-0.15, -0.1) is 11.8 Å². The fourth-order valence-corrected chi connectivity index (χ4v) is 3.66. The average Bonchev–Trinajstić information content (AvgIpc) is 2.96. The summed E-state index contributed by atoms with van der Waals surface area (Å²) in [4.78, 5) is 5.46. The lowest BCUT2D eigenvalue weighted by Gasteiger charge is -2.17. The van der Waals surface area contributed by atoms with Crippen molar-refractivity contribution in [3.8, 4) is 0 Å². The van der Waals surface area contributed by atoms with Gasteiger partial charge in [-0.3, -0.25) is 4.68 Å². The first-order valence-corrected chi connectivity index (χ1v) is 6.97. The minimum absolute atomic E-state index is 0.197. The maximum absolute atomic E-state index is 10.4. The molecular weight excluding hydrogens is 246 g/mol. The van der Waals surface area contributed by atoms with Crippen LogP contribution < -0.4 is 0 Å². The highest BCUT2D eigenvalue weighted by atomic mass is 32.2. The number of hydrogen-bond donors (Lipinski definition) is 1. The van der Waals surface area contributed by atoms with Gasteiger partial charge in [0.15, 0.2) is 0 Å². The maximum atomic E-state index is 10.4. The molecule has 3 rings (SSSR count). The average molecular weight is 261 g/mol. The third-order valence-electron chi connectivity index (χ3n) is 3.40. The highest BCUT2D eigenvalue weighted by Crippen LogP contribution is 2.41. The van der Waals surface area contributed by atoms with Crippen molar-refractivity contribution in [3.63, 3.8) is 0 Å². The van der Waals surface area contributed by atoms with Gasteiger partial charge in [0, 0.05) is 30.0 Å².